The minimum absolute atomic E-state index is 0.454. The van der Waals surface area contributed by atoms with Crippen LogP contribution >= 0.6 is 34.0 Å². The third kappa shape index (κ3) is 6.28. The van der Waals surface area contributed by atoms with Crippen LogP contribution in [-0.2, 0) is 10.1 Å². The first-order chi connectivity index (χ1) is 29.6. The van der Waals surface area contributed by atoms with E-state index in [-0.39, 0.29) is 0 Å². The molecule has 0 bridgehead atoms. The number of nitrogens with zero attached hydrogens (tertiary/aromatic N) is 2. The fourth-order valence-electron chi connectivity index (χ4n) is 8.16. The highest BCUT2D eigenvalue weighted by Gasteiger charge is 2.48. The molecule has 0 aliphatic carbocycles. The first-order valence-corrected chi connectivity index (χ1v) is 23.0. The maximum Gasteiger partial charge on any atom is 0.534 e. The molecule has 0 fully saturated rings. The second-order valence-corrected chi connectivity index (χ2v) is 19.1. The van der Waals surface area contributed by atoms with Crippen LogP contribution < -0.4 is 14.0 Å². The number of fused-ring (bicyclic) bond motifs is 9. The first kappa shape index (κ1) is 37.6. The number of para-hydroxylation sites is 2. The second-order valence-electron chi connectivity index (χ2n) is 14.4. The molecule has 0 amide bonds. The summed E-state index contributed by atoms with van der Waals surface area (Å²) >= 11 is 4.82. The lowest BCUT2D eigenvalue weighted by Gasteiger charge is -2.27. The summed E-state index contributed by atoms with van der Waals surface area (Å²) in [5.74, 6) is -0.454. The van der Waals surface area contributed by atoms with Crippen molar-refractivity contribution in [2.45, 2.75) is 5.51 Å². The predicted molar refractivity (Wildman–Crippen MR) is 250 cm³/mol. The average Bonchev–Trinajstić information content (AvgIpc) is 3.96. The normalized spacial score (nSPS) is 12.3. The van der Waals surface area contributed by atoms with E-state index in [1.165, 1.54) is 33.6 Å². The van der Waals surface area contributed by atoms with E-state index >= 15 is 0 Å². The van der Waals surface area contributed by atoms with Crippen molar-refractivity contribution in [2.75, 3.05) is 9.80 Å². The summed E-state index contributed by atoms with van der Waals surface area (Å²) in [6.07, 6.45) is 0. The van der Waals surface area contributed by atoms with E-state index in [4.69, 9.17) is 4.18 Å². The molecule has 8 aromatic carbocycles. The van der Waals surface area contributed by atoms with Crippen LogP contribution in [0.4, 0.5) is 47.3 Å². The summed E-state index contributed by atoms with van der Waals surface area (Å²) in [6.45, 7) is 0. The van der Waals surface area contributed by atoms with Crippen LogP contribution in [-0.4, -0.2) is 13.9 Å². The third-order valence-electron chi connectivity index (χ3n) is 10.8. The van der Waals surface area contributed by atoms with Crippen molar-refractivity contribution in [3.05, 3.63) is 176 Å². The molecule has 3 aromatic heterocycles. The van der Waals surface area contributed by atoms with Gasteiger partial charge >= 0.3 is 15.6 Å². The predicted octanol–water partition coefficient (Wildman–Crippen LogP) is 16.0. The summed E-state index contributed by atoms with van der Waals surface area (Å²) in [4.78, 5) is 4.18. The molecular weight excluding hydrogens is 850 g/mol. The molecule has 3 heterocycles. The SMILES string of the molecule is O=S(=O)(Oc1cc(N(c2ccccc2)c2cccc3c2sc2ccccc23)c2sc3ccc(N(c4ccccc4)c4cccc5c4sc4ccccc45)cc3c2c1)C(F)(F)F. The molecule has 11 aromatic rings. The average molecular weight is 879 g/mol. The summed E-state index contributed by atoms with van der Waals surface area (Å²) in [5.41, 5.74) is -0.957. The van der Waals surface area contributed by atoms with E-state index in [9.17, 15) is 21.6 Å². The highest BCUT2D eigenvalue weighted by Crippen LogP contribution is 2.52. The number of benzene rings is 8. The lowest BCUT2D eigenvalue weighted by Crippen LogP contribution is -2.28. The van der Waals surface area contributed by atoms with Gasteiger partial charge in [0, 0.05) is 69.5 Å². The van der Waals surface area contributed by atoms with Gasteiger partial charge in [-0.15, -0.1) is 34.0 Å². The van der Waals surface area contributed by atoms with Gasteiger partial charge in [0.25, 0.3) is 0 Å². The molecule has 0 saturated carbocycles. The molecule has 298 valence electrons. The van der Waals surface area contributed by atoms with Crippen LogP contribution in [0.25, 0.3) is 60.5 Å². The zero-order valence-corrected chi connectivity index (χ0v) is 34.9. The Kier molecular flexibility index (Phi) is 8.83. The maximum absolute atomic E-state index is 14.0. The zero-order valence-electron chi connectivity index (χ0n) is 31.6. The third-order valence-corrected chi connectivity index (χ3v) is 15.4. The van der Waals surface area contributed by atoms with Crippen LogP contribution in [0, 0.1) is 0 Å². The highest BCUT2D eigenvalue weighted by atomic mass is 32.2. The van der Waals surface area contributed by atoms with E-state index in [0.717, 1.165) is 73.5 Å². The van der Waals surface area contributed by atoms with E-state index in [1.54, 1.807) is 22.7 Å². The van der Waals surface area contributed by atoms with Crippen molar-refractivity contribution in [1.29, 1.82) is 0 Å². The Bertz CT molecular complexity index is 3600. The van der Waals surface area contributed by atoms with Gasteiger partial charge in [0.1, 0.15) is 5.75 Å². The van der Waals surface area contributed by atoms with Crippen molar-refractivity contribution in [3.63, 3.8) is 0 Å². The summed E-state index contributed by atoms with van der Waals surface area (Å²) < 4.78 is 78.4. The molecule has 0 N–H and O–H groups in total. The maximum atomic E-state index is 14.0. The number of hydrogen-bond acceptors (Lipinski definition) is 8. The van der Waals surface area contributed by atoms with E-state index in [0.29, 0.717) is 11.1 Å². The van der Waals surface area contributed by atoms with Crippen LogP contribution in [0.1, 0.15) is 0 Å². The van der Waals surface area contributed by atoms with Crippen LogP contribution in [0.5, 0.6) is 5.75 Å². The van der Waals surface area contributed by atoms with Gasteiger partial charge in [-0.25, -0.2) is 0 Å². The number of anilines is 6. The van der Waals surface area contributed by atoms with Gasteiger partial charge in [-0.2, -0.15) is 21.6 Å². The van der Waals surface area contributed by atoms with Gasteiger partial charge in [0.05, 0.1) is 31.2 Å². The van der Waals surface area contributed by atoms with Crippen molar-refractivity contribution < 1.29 is 25.8 Å². The molecule has 12 heteroatoms. The molecule has 0 spiro atoms. The van der Waals surface area contributed by atoms with E-state index in [2.05, 4.69) is 59.5 Å². The van der Waals surface area contributed by atoms with Crippen molar-refractivity contribution in [2.24, 2.45) is 0 Å². The smallest absolute Gasteiger partial charge is 0.376 e. The van der Waals surface area contributed by atoms with Crippen molar-refractivity contribution in [3.8, 4) is 5.75 Å². The fourth-order valence-corrected chi connectivity index (χ4v) is 12.2. The van der Waals surface area contributed by atoms with Gasteiger partial charge in [0.2, 0.25) is 0 Å². The van der Waals surface area contributed by atoms with E-state index in [1.807, 2.05) is 114 Å². The number of thiophene rings is 3. The number of hydrogen-bond donors (Lipinski definition) is 0. The van der Waals surface area contributed by atoms with Gasteiger partial charge in [0.15, 0.2) is 0 Å². The van der Waals surface area contributed by atoms with E-state index < -0.39 is 21.4 Å². The molecule has 0 aliphatic rings. The molecule has 0 radical (unpaired) electrons. The Morgan fingerprint density at radius 2 is 0.885 bits per heavy atom. The monoisotopic (exact) mass is 878 g/mol. The summed E-state index contributed by atoms with van der Waals surface area (Å²) in [7, 11) is -6.03. The topological polar surface area (TPSA) is 49.9 Å². The quantitative estimate of drug-likeness (QED) is 0.112. The second kappa shape index (κ2) is 14.3. The van der Waals surface area contributed by atoms with Gasteiger partial charge in [-0.1, -0.05) is 97.1 Å². The summed E-state index contributed by atoms with van der Waals surface area (Å²) in [5, 5.41) is 5.68. The lowest BCUT2D eigenvalue weighted by atomic mass is 10.1. The highest BCUT2D eigenvalue weighted by molar-refractivity contribution is 7.88. The number of alkyl halides is 3. The minimum Gasteiger partial charge on any atom is -0.376 e. The molecule has 0 saturated heterocycles. The molecular formula is C49H29F3N2O3S4. The fraction of sp³-hybridized carbons (Fsp3) is 0.0204. The van der Waals surface area contributed by atoms with Crippen LogP contribution in [0.3, 0.4) is 0 Å². The Morgan fingerprint density at radius 3 is 1.46 bits per heavy atom. The minimum atomic E-state index is -6.03. The molecule has 61 heavy (non-hydrogen) atoms. The van der Waals surface area contributed by atoms with Gasteiger partial charge in [-0.3, -0.25) is 0 Å². The molecule has 11 rings (SSSR count). The number of halogens is 3. The first-order valence-electron chi connectivity index (χ1n) is 19.1. The molecule has 0 aliphatic heterocycles. The van der Waals surface area contributed by atoms with Crippen molar-refractivity contribution in [1.82, 2.24) is 0 Å². The Labute approximate surface area is 359 Å². The number of rotatable bonds is 8. The molecule has 0 unspecified atom stereocenters. The van der Waals surface area contributed by atoms with Crippen LogP contribution in [0.2, 0.25) is 0 Å². The summed E-state index contributed by atoms with van der Waals surface area (Å²) in [6, 6.07) is 57.2. The van der Waals surface area contributed by atoms with Gasteiger partial charge < -0.3 is 14.0 Å². The Hall–Kier alpha value is -6.44. The van der Waals surface area contributed by atoms with Crippen molar-refractivity contribution >= 4 is 139 Å². The van der Waals surface area contributed by atoms with Gasteiger partial charge in [-0.05, 0) is 72.8 Å². The zero-order chi connectivity index (χ0) is 41.5. The largest absolute Gasteiger partial charge is 0.534 e. The Morgan fingerprint density at radius 1 is 0.410 bits per heavy atom. The molecule has 0 atom stereocenters. The lowest BCUT2D eigenvalue weighted by molar-refractivity contribution is -0.0500. The molecule has 5 nitrogen and oxygen atoms in total. The Balaban J connectivity index is 1.19. The standard InChI is InChI=1S/C49H29F3N2O3S4/c50-49(51,52)61(55,56)57-33-28-39-38-27-32(53(30-13-3-1-4-14-30)40-21-11-19-36-34-17-7-9-23-43(34)58-46(36)40)25-26-45(38)60-48(39)42(29-33)54(31-15-5-2-6-16-31)41-22-12-20-37-35-18-8-10-24-44(35)59-47(37)41/h1-29H. The van der Waals surface area contributed by atoms with Crippen LogP contribution in [0.15, 0.2) is 176 Å².